The van der Waals surface area contributed by atoms with Crippen molar-refractivity contribution < 1.29 is 23.9 Å². The lowest BCUT2D eigenvalue weighted by molar-refractivity contribution is -0.142. The van der Waals surface area contributed by atoms with Crippen molar-refractivity contribution in [3.63, 3.8) is 0 Å². The molecule has 0 aromatic heterocycles. The summed E-state index contributed by atoms with van der Waals surface area (Å²) in [5.41, 5.74) is 5.95. The summed E-state index contributed by atoms with van der Waals surface area (Å²) in [6.45, 7) is 1.25. The molecule has 3 rings (SSSR count). The molecule has 27 heavy (non-hydrogen) atoms. The van der Waals surface area contributed by atoms with Crippen LogP contribution in [-0.2, 0) is 24.7 Å². The van der Waals surface area contributed by atoms with Gasteiger partial charge in [0.15, 0.2) is 5.60 Å². The van der Waals surface area contributed by atoms with Crippen LogP contribution in [0.15, 0.2) is 18.2 Å². The first-order valence-electron chi connectivity index (χ1n) is 8.28. The number of ether oxygens (including phenoxy) is 2. The maximum absolute atomic E-state index is 12.7. The van der Waals surface area contributed by atoms with Crippen molar-refractivity contribution in [2.24, 2.45) is 5.73 Å². The predicted octanol–water partition coefficient (Wildman–Crippen LogP) is 1.71. The number of halogens is 2. The number of benzene rings is 1. The second-order valence-electron chi connectivity index (χ2n) is 6.36. The Morgan fingerprint density at radius 3 is 2.85 bits per heavy atom. The third-order valence-electron chi connectivity index (χ3n) is 4.65. The predicted molar refractivity (Wildman–Crippen MR) is 101 cm³/mol. The number of nitrogens with one attached hydrogen (secondary N) is 1. The molecule has 1 aromatic carbocycles. The quantitative estimate of drug-likeness (QED) is 0.719. The van der Waals surface area contributed by atoms with Crippen LogP contribution in [0.1, 0.15) is 24.8 Å². The molecule has 0 bridgehead atoms. The van der Waals surface area contributed by atoms with Gasteiger partial charge in [0.2, 0.25) is 0 Å². The molecule has 2 amide bonds. The van der Waals surface area contributed by atoms with E-state index >= 15 is 0 Å². The normalized spacial score (nSPS) is 22.3. The van der Waals surface area contributed by atoms with E-state index in [-0.39, 0.29) is 18.8 Å². The maximum Gasteiger partial charge on any atom is 0.422 e. The molecule has 1 fully saturated rings. The number of nitrogens with two attached hydrogens (primary N) is 1. The number of methoxy groups -OCH3 is 1. The number of amides is 2. The minimum absolute atomic E-state index is 0. The van der Waals surface area contributed by atoms with Gasteiger partial charge >= 0.3 is 12.1 Å². The zero-order chi connectivity index (χ0) is 18.9. The van der Waals surface area contributed by atoms with E-state index in [0.29, 0.717) is 29.2 Å². The van der Waals surface area contributed by atoms with Crippen LogP contribution in [0, 0.1) is 0 Å². The highest BCUT2D eigenvalue weighted by molar-refractivity contribution is 6.31. The van der Waals surface area contributed by atoms with Crippen LogP contribution in [0.3, 0.4) is 0 Å². The van der Waals surface area contributed by atoms with E-state index in [1.165, 1.54) is 7.11 Å². The third-order valence-corrected chi connectivity index (χ3v) is 4.89. The van der Waals surface area contributed by atoms with Crippen molar-refractivity contribution in [2.45, 2.75) is 30.9 Å². The Hall–Kier alpha value is -1.87. The molecule has 3 N–H and O–H groups in total. The molecule has 1 aromatic rings. The minimum Gasteiger partial charge on any atom is -0.469 e. The van der Waals surface area contributed by atoms with E-state index in [1.54, 1.807) is 18.2 Å². The Balaban J connectivity index is 0.00000261. The molecule has 2 aliphatic rings. The molecule has 0 saturated carbocycles. The number of esters is 1. The Morgan fingerprint density at radius 2 is 2.22 bits per heavy atom. The van der Waals surface area contributed by atoms with Gasteiger partial charge < -0.3 is 20.5 Å². The van der Waals surface area contributed by atoms with Gasteiger partial charge in [0.25, 0.3) is 5.91 Å². The molecule has 10 heteroatoms. The van der Waals surface area contributed by atoms with Crippen LogP contribution in [0.4, 0.5) is 10.5 Å². The van der Waals surface area contributed by atoms with Gasteiger partial charge in [-0.25, -0.2) is 9.69 Å². The van der Waals surface area contributed by atoms with Crippen molar-refractivity contribution in [2.75, 3.05) is 25.1 Å². The van der Waals surface area contributed by atoms with Crippen LogP contribution < -0.4 is 16.0 Å². The molecular formula is C17H21Cl2N3O5. The highest BCUT2D eigenvalue weighted by Crippen LogP contribution is 2.44. The van der Waals surface area contributed by atoms with Crippen molar-refractivity contribution in [1.82, 2.24) is 5.32 Å². The summed E-state index contributed by atoms with van der Waals surface area (Å²) >= 11 is 6.14. The summed E-state index contributed by atoms with van der Waals surface area (Å²) in [7, 11) is 1.20. The van der Waals surface area contributed by atoms with Crippen LogP contribution in [-0.4, -0.2) is 44.2 Å². The number of carbonyl (C=O) groups excluding carboxylic acids is 3. The van der Waals surface area contributed by atoms with Gasteiger partial charge in [-0.1, -0.05) is 11.6 Å². The summed E-state index contributed by atoms with van der Waals surface area (Å²) < 4.78 is 10.2. The van der Waals surface area contributed by atoms with Gasteiger partial charge in [0.1, 0.15) is 0 Å². The fraction of sp³-hybridized carbons (Fsp3) is 0.471. The second kappa shape index (κ2) is 8.43. The van der Waals surface area contributed by atoms with E-state index < -0.39 is 29.6 Å². The van der Waals surface area contributed by atoms with Gasteiger partial charge in [-0.15, -0.1) is 12.4 Å². The number of anilines is 1. The largest absolute Gasteiger partial charge is 0.469 e. The Bertz CT molecular complexity index is 752. The van der Waals surface area contributed by atoms with E-state index in [0.717, 1.165) is 17.9 Å². The van der Waals surface area contributed by atoms with Gasteiger partial charge in [-0.3, -0.25) is 9.59 Å². The summed E-state index contributed by atoms with van der Waals surface area (Å²) in [5.74, 6) is -1.37. The van der Waals surface area contributed by atoms with E-state index in [4.69, 9.17) is 22.1 Å². The number of carbonyl (C=O) groups is 3. The molecule has 1 spiro atoms. The molecule has 2 aliphatic heterocycles. The molecule has 2 atom stereocenters. The van der Waals surface area contributed by atoms with Crippen LogP contribution in [0.2, 0.25) is 5.02 Å². The lowest BCUT2D eigenvalue weighted by Gasteiger charge is -2.44. The van der Waals surface area contributed by atoms with Gasteiger partial charge in [0.05, 0.1) is 25.3 Å². The van der Waals surface area contributed by atoms with Crippen molar-refractivity contribution in [3.8, 4) is 0 Å². The Morgan fingerprint density at radius 1 is 1.48 bits per heavy atom. The average molecular weight is 418 g/mol. The molecule has 0 unspecified atom stereocenters. The highest BCUT2D eigenvalue weighted by Gasteiger charge is 2.48. The van der Waals surface area contributed by atoms with E-state index in [2.05, 4.69) is 10.1 Å². The first-order valence-corrected chi connectivity index (χ1v) is 8.66. The minimum atomic E-state index is -1.22. The Kier molecular flexibility index (Phi) is 6.69. The van der Waals surface area contributed by atoms with E-state index in [1.807, 2.05) is 0 Å². The number of fused-ring (bicyclic) bond motifs is 2. The summed E-state index contributed by atoms with van der Waals surface area (Å²) in [6.07, 6.45) is 0.285. The molecule has 0 aliphatic carbocycles. The lowest BCUT2D eigenvalue weighted by atomic mass is 9.84. The fourth-order valence-electron chi connectivity index (χ4n) is 3.35. The molecule has 148 valence electrons. The van der Waals surface area contributed by atoms with Crippen molar-refractivity contribution >= 4 is 47.7 Å². The fourth-order valence-corrected chi connectivity index (χ4v) is 3.53. The smallest absolute Gasteiger partial charge is 0.422 e. The maximum atomic E-state index is 12.7. The number of rotatable bonds is 3. The van der Waals surface area contributed by atoms with Gasteiger partial charge in [0, 0.05) is 17.1 Å². The molecule has 0 radical (unpaired) electrons. The monoisotopic (exact) mass is 417 g/mol. The summed E-state index contributed by atoms with van der Waals surface area (Å²) in [6, 6.07) is 3.66. The standard InChI is InChI=1S/C17H20ClN3O5.ClH/c1-25-14(22)8-12(19)15(23)21-13-4-3-10(18)7-11(13)17(26-16(21)24)5-2-6-20-9-17;/h3-4,7,12,20H,2,5-6,8-9,19H2,1H3;1H/t12-,17-;/m0./s1. The Labute approximate surface area is 167 Å². The van der Waals surface area contributed by atoms with Crippen LogP contribution in [0.25, 0.3) is 0 Å². The summed E-state index contributed by atoms with van der Waals surface area (Å²) in [4.78, 5) is 37.7. The SMILES string of the molecule is COC(=O)C[C@H](N)C(=O)N1C(=O)O[C@]2(CCCNC2)c2cc(Cl)ccc21.Cl. The first-order chi connectivity index (χ1) is 12.4. The lowest BCUT2D eigenvalue weighted by Crippen LogP contribution is -2.57. The zero-order valence-electron chi connectivity index (χ0n) is 14.7. The second-order valence-corrected chi connectivity index (χ2v) is 6.80. The first kappa shape index (κ1) is 21.4. The van der Waals surface area contributed by atoms with Crippen molar-refractivity contribution in [1.29, 1.82) is 0 Å². The number of piperidine rings is 1. The number of imide groups is 1. The molecule has 2 heterocycles. The summed E-state index contributed by atoms with van der Waals surface area (Å²) in [5, 5.41) is 3.69. The molecule has 8 nitrogen and oxygen atoms in total. The third kappa shape index (κ3) is 4.03. The van der Waals surface area contributed by atoms with Gasteiger partial charge in [-0.05, 0) is 37.6 Å². The molecular weight excluding hydrogens is 397 g/mol. The highest BCUT2D eigenvalue weighted by atomic mass is 35.5. The zero-order valence-corrected chi connectivity index (χ0v) is 16.3. The van der Waals surface area contributed by atoms with E-state index in [9.17, 15) is 14.4 Å². The molecule has 1 saturated heterocycles. The van der Waals surface area contributed by atoms with Crippen LogP contribution >= 0.6 is 24.0 Å². The van der Waals surface area contributed by atoms with Crippen LogP contribution in [0.5, 0.6) is 0 Å². The van der Waals surface area contributed by atoms with Gasteiger partial charge in [-0.2, -0.15) is 0 Å². The number of hydrogen-bond acceptors (Lipinski definition) is 7. The topological polar surface area (TPSA) is 111 Å². The number of nitrogens with zero attached hydrogens (tertiary/aromatic N) is 1. The number of hydrogen-bond donors (Lipinski definition) is 2. The van der Waals surface area contributed by atoms with Crippen molar-refractivity contribution in [3.05, 3.63) is 28.8 Å². The average Bonchev–Trinajstić information content (AvgIpc) is 2.62.